The topological polar surface area (TPSA) is 50.2 Å². The van der Waals surface area contributed by atoms with Crippen molar-refractivity contribution in [1.29, 1.82) is 0 Å². The van der Waals surface area contributed by atoms with Crippen LogP contribution in [0.25, 0.3) is 0 Å². The molecule has 3 rings (SSSR count). The maximum atomic E-state index is 11.5. The van der Waals surface area contributed by atoms with Crippen molar-refractivity contribution < 1.29 is 9.90 Å². The highest BCUT2D eigenvalue weighted by molar-refractivity contribution is 7.99. The molecule has 1 heterocycles. The minimum absolute atomic E-state index is 0.321. The van der Waals surface area contributed by atoms with Gasteiger partial charge in [-0.15, -0.1) is 0 Å². The minimum Gasteiger partial charge on any atom is -0.478 e. The van der Waals surface area contributed by atoms with Crippen LogP contribution in [0, 0.1) is 6.92 Å². The van der Waals surface area contributed by atoms with Gasteiger partial charge in [-0.05, 0) is 56.4 Å². The van der Waals surface area contributed by atoms with Gasteiger partial charge < -0.3 is 5.11 Å². The van der Waals surface area contributed by atoms with Crippen LogP contribution in [-0.2, 0) is 12.8 Å². The zero-order valence-electron chi connectivity index (χ0n) is 11.9. The second kappa shape index (κ2) is 5.90. The van der Waals surface area contributed by atoms with E-state index in [9.17, 15) is 9.90 Å². The number of aromatic carboxylic acids is 1. The zero-order valence-corrected chi connectivity index (χ0v) is 12.7. The molecule has 108 valence electrons. The third-order valence-corrected chi connectivity index (χ3v) is 4.74. The Balaban J connectivity index is 1.99. The smallest absolute Gasteiger partial charge is 0.338 e. The third-order valence-electron chi connectivity index (χ3n) is 3.73. The Bertz CT molecular complexity index is 680. The predicted octanol–water partition coefficient (Wildman–Crippen LogP) is 4.12. The molecule has 0 atom stereocenters. The summed E-state index contributed by atoms with van der Waals surface area (Å²) in [5.74, 6) is -0.898. The Morgan fingerprint density at radius 1 is 1.19 bits per heavy atom. The van der Waals surface area contributed by atoms with Crippen LogP contribution in [0.15, 0.2) is 40.3 Å². The number of carbonyl (C=O) groups is 1. The number of carboxylic acid groups (broad SMARTS) is 1. The average Bonchev–Trinajstić information content (AvgIpc) is 2.48. The molecule has 0 saturated heterocycles. The summed E-state index contributed by atoms with van der Waals surface area (Å²) >= 11 is 1.43. The quantitative estimate of drug-likeness (QED) is 0.926. The van der Waals surface area contributed by atoms with E-state index in [0.29, 0.717) is 10.6 Å². The molecule has 4 heteroatoms. The van der Waals surface area contributed by atoms with E-state index in [2.05, 4.69) is 4.98 Å². The third kappa shape index (κ3) is 3.10. The van der Waals surface area contributed by atoms with E-state index in [1.54, 1.807) is 0 Å². The van der Waals surface area contributed by atoms with Crippen LogP contribution in [-0.4, -0.2) is 16.1 Å². The van der Waals surface area contributed by atoms with Crippen molar-refractivity contribution in [3.05, 3.63) is 52.7 Å². The van der Waals surface area contributed by atoms with E-state index in [1.165, 1.54) is 17.3 Å². The number of fused-ring (bicyclic) bond motifs is 1. The molecule has 0 bridgehead atoms. The second-order valence-corrected chi connectivity index (χ2v) is 6.44. The molecule has 3 nitrogen and oxygen atoms in total. The average molecular weight is 299 g/mol. The number of hydrogen-bond donors (Lipinski definition) is 1. The molecule has 0 amide bonds. The number of aromatic nitrogens is 1. The number of rotatable bonds is 3. The van der Waals surface area contributed by atoms with Crippen LogP contribution in [0.5, 0.6) is 0 Å². The van der Waals surface area contributed by atoms with Gasteiger partial charge in [0.15, 0.2) is 0 Å². The summed E-state index contributed by atoms with van der Waals surface area (Å²) in [6.07, 6.45) is 4.16. The van der Waals surface area contributed by atoms with Crippen molar-refractivity contribution in [3.63, 3.8) is 0 Å². The number of benzene rings is 1. The molecule has 0 radical (unpaired) electrons. The van der Waals surface area contributed by atoms with E-state index in [0.717, 1.165) is 41.8 Å². The largest absolute Gasteiger partial charge is 0.478 e. The summed E-state index contributed by atoms with van der Waals surface area (Å²) in [6, 6.07) is 9.89. The van der Waals surface area contributed by atoms with Gasteiger partial charge in [-0.1, -0.05) is 29.5 Å². The first kappa shape index (κ1) is 14.1. The van der Waals surface area contributed by atoms with Gasteiger partial charge in [0, 0.05) is 10.6 Å². The summed E-state index contributed by atoms with van der Waals surface area (Å²) in [7, 11) is 0. The first-order chi connectivity index (χ1) is 10.1. The number of nitrogens with zero attached hydrogens (tertiary/aromatic N) is 1. The van der Waals surface area contributed by atoms with Crippen molar-refractivity contribution in [2.24, 2.45) is 0 Å². The number of carboxylic acids is 1. The molecule has 0 unspecified atom stereocenters. The molecule has 1 aliphatic carbocycles. The van der Waals surface area contributed by atoms with E-state index in [4.69, 9.17) is 0 Å². The van der Waals surface area contributed by atoms with Gasteiger partial charge in [-0.3, -0.25) is 0 Å². The first-order valence-corrected chi connectivity index (χ1v) is 7.96. The molecule has 21 heavy (non-hydrogen) atoms. The summed E-state index contributed by atoms with van der Waals surface area (Å²) in [4.78, 5) is 17.2. The monoisotopic (exact) mass is 299 g/mol. The van der Waals surface area contributed by atoms with Crippen molar-refractivity contribution in [1.82, 2.24) is 4.98 Å². The normalized spacial score (nSPS) is 13.8. The summed E-state index contributed by atoms with van der Waals surface area (Å²) in [5, 5.41) is 10.0. The Morgan fingerprint density at radius 3 is 2.62 bits per heavy atom. The van der Waals surface area contributed by atoms with E-state index >= 15 is 0 Å². The number of hydrogen-bond acceptors (Lipinski definition) is 3. The Morgan fingerprint density at radius 2 is 1.90 bits per heavy atom. The van der Waals surface area contributed by atoms with Gasteiger partial charge in [0.1, 0.15) is 5.03 Å². The lowest BCUT2D eigenvalue weighted by Gasteiger charge is -2.17. The maximum absolute atomic E-state index is 11.5. The van der Waals surface area contributed by atoms with Crippen LogP contribution < -0.4 is 0 Å². The minimum atomic E-state index is -0.898. The summed E-state index contributed by atoms with van der Waals surface area (Å²) in [6.45, 7) is 2.04. The van der Waals surface area contributed by atoms with Gasteiger partial charge in [0.2, 0.25) is 0 Å². The van der Waals surface area contributed by atoms with Crippen molar-refractivity contribution >= 4 is 17.7 Å². The maximum Gasteiger partial charge on any atom is 0.338 e. The Kier molecular flexibility index (Phi) is 3.97. The lowest BCUT2D eigenvalue weighted by atomic mass is 9.95. The van der Waals surface area contributed by atoms with Crippen LogP contribution in [0.1, 0.15) is 40.0 Å². The van der Waals surface area contributed by atoms with Crippen LogP contribution in [0.4, 0.5) is 0 Å². The fraction of sp³-hybridized carbons (Fsp3) is 0.294. The molecule has 1 aromatic heterocycles. The number of aryl methyl sites for hydroxylation is 3. The van der Waals surface area contributed by atoms with Gasteiger partial charge in [-0.25, -0.2) is 9.78 Å². The molecule has 0 spiro atoms. The van der Waals surface area contributed by atoms with E-state index in [1.807, 2.05) is 37.3 Å². The predicted molar refractivity (Wildman–Crippen MR) is 83.1 cm³/mol. The molecular formula is C17H17NO2S. The van der Waals surface area contributed by atoms with Crippen LogP contribution in [0.3, 0.4) is 0 Å². The molecule has 0 saturated carbocycles. The number of pyridine rings is 1. The highest BCUT2D eigenvalue weighted by atomic mass is 32.2. The Labute approximate surface area is 128 Å². The van der Waals surface area contributed by atoms with Crippen LogP contribution in [0.2, 0.25) is 0 Å². The van der Waals surface area contributed by atoms with Gasteiger partial charge in [0.05, 0.1) is 5.56 Å². The highest BCUT2D eigenvalue weighted by Crippen LogP contribution is 2.32. The van der Waals surface area contributed by atoms with Crippen LogP contribution >= 0.6 is 11.8 Å². The molecule has 1 aromatic carbocycles. The van der Waals surface area contributed by atoms with Crippen molar-refractivity contribution in [2.75, 3.05) is 0 Å². The SMILES string of the molecule is Cc1ccc(Sc2nc3c(cc2C(=O)O)CCCC3)cc1. The van der Waals surface area contributed by atoms with E-state index < -0.39 is 5.97 Å². The molecule has 2 aromatic rings. The standard InChI is InChI=1S/C17H17NO2S/c1-11-6-8-13(9-7-11)21-16-14(17(19)20)10-12-4-2-3-5-15(12)18-16/h6-10H,2-5H2,1H3,(H,19,20). The molecule has 1 N–H and O–H groups in total. The molecule has 0 fully saturated rings. The summed E-state index contributed by atoms with van der Waals surface area (Å²) in [5.41, 5.74) is 3.69. The lowest BCUT2D eigenvalue weighted by Crippen LogP contribution is -2.10. The fourth-order valence-electron chi connectivity index (χ4n) is 2.56. The molecule has 0 aliphatic heterocycles. The van der Waals surface area contributed by atoms with Crippen molar-refractivity contribution in [3.8, 4) is 0 Å². The Hall–Kier alpha value is -1.81. The highest BCUT2D eigenvalue weighted by Gasteiger charge is 2.19. The summed E-state index contributed by atoms with van der Waals surface area (Å²) < 4.78 is 0. The first-order valence-electron chi connectivity index (χ1n) is 7.14. The lowest BCUT2D eigenvalue weighted by molar-refractivity contribution is 0.0692. The van der Waals surface area contributed by atoms with Gasteiger partial charge in [-0.2, -0.15) is 0 Å². The van der Waals surface area contributed by atoms with Crippen molar-refractivity contribution in [2.45, 2.75) is 42.5 Å². The fourth-order valence-corrected chi connectivity index (χ4v) is 3.47. The second-order valence-electron chi connectivity index (χ2n) is 5.37. The molecular weight excluding hydrogens is 282 g/mol. The molecule has 1 aliphatic rings. The zero-order chi connectivity index (χ0) is 14.8. The van der Waals surface area contributed by atoms with E-state index in [-0.39, 0.29) is 0 Å². The van der Waals surface area contributed by atoms with Gasteiger partial charge >= 0.3 is 5.97 Å². The van der Waals surface area contributed by atoms with Gasteiger partial charge in [0.25, 0.3) is 0 Å².